The number of hydrogen-bond acceptors (Lipinski definition) is 7. The average Bonchev–Trinajstić information content (AvgIpc) is 3.36. The van der Waals surface area contributed by atoms with E-state index in [4.69, 9.17) is 9.47 Å². The van der Waals surface area contributed by atoms with E-state index in [-0.39, 0.29) is 25.4 Å². The zero-order valence-electron chi connectivity index (χ0n) is 27.7. The van der Waals surface area contributed by atoms with Crippen LogP contribution in [0.5, 0.6) is 0 Å². The minimum absolute atomic E-state index is 0.0144. The number of nitrogens with one attached hydrogen (secondary N) is 3. The van der Waals surface area contributed by atoms with Gasteiger partial charge in [-0.1, -0.05) is 92.2 Å². The van der Waals surface area contributed by atoms with Gasteiger partial charge < -0.3 is 30.5 Å². The lowest BCUT2D eigenvalue weighted by atomic mass is 9.98. The summed E-state index contributed by atoms with van der Waals surface area (Å²) in [6, 6.07) is 20.7. The first-order chi connectivity index (χ1) is 22.9. The maximum absolute atomic E-state index is 13.6. The number of hydrogen-bond donors (Lipinski definition) is 4. The molecule has 0 aromatic heterocycles. The first-order valence-electron chi connectivity index (χ1n) is 16.1. The molecule has 1 aliphatic carbocycles. The van der Waals surface area contributed by atoms with Crippen molar-refractivity contribution >= 4 is 29.8 Å². The molecule has 3 aromatic rings. The van der Waals surface area contributed by atoms with Crippen LogP contribution in [0.4, 0.5) is 4.79 Å². The zero-order valence-corrected chi connectivity index (χ0v) is 27.7. The summed E-state index contributed by atoms with van der Waals surface area (Å²) in [6.45, 7) is 6.82. The zero-order chi connectivity index (χ0) is 34.8. The van der Waals surface area contributed by atoms with Gasteiger partial charge in [-0.15, -0.1) is 0 Å². The molecule has 0 radical (unpaired) electrons. The monoisotopic (exact) mass is 657 g/mol. The first kappa shape index (κ1) is 35.7. The number of carbonyl (C=O) groups excluding carboxylic acids is 4. The van der Waals surface area contributed by atoms with Crippen molar-refractivity contribution in [2.75, 3.05) is 6.61 Å². The van der Waals surface area contributed by atoms with Crippen LogP contribution in [0, 0.1) is 0 Å². The van der Waals surface area contributed by atoms with Crippen LogP contribution in [0.1, 0.15) is 69.6 Å². The highest BCUT2D eigenvalue weighted by atomic mass is 16.6. The highest BCUT2D eigenvalue weighted by Crippen LogP contribution is 2.44. The van der Waals surface area contributed by atoms with Gasteiger partial charge in [-0.3, -0.25) is 14.4 Å². The van der Waals surface area contributed by atoms with Crippen molar-refractivity contribution in [1.82, 2.24) is 16.0 Å². The predicted molar refractivity (Wildman–Crippen MR) is 179 cm³/mol. The van der Waals surface area contributed by atoms with Crippen LogP contribution >= 0.6 is 0 Å². The van der Waals surface area contributed by atoms with Gasteiger partial charge in [0, 0.05) is 12.3 Å². The van der Waals surface area contributed by atoms with Crippen molar-refractivity contribution in [3.8, 4) is 11.1 Å². The van der Waals surface area contributed by atoms with Gasteiger partial charge in [0.2, 0.25) is 11.8 Å². The van der Waals surface area contributed by atoms with Gasteiger partial charge in [0.25, 0.3) is 0 Å². The number of carboxylic acids is 1. The van der Waals surface area contributed by atoms with Gasteiger partial charge in [-0.25, -0.2) is 9.59 Å². The molecule has 0 spiro atoms. The largest absolute Gasteiger partial charge is 0.480 e. The van der Waals surface area contributed by atoms with Crippen molar-refractivity contribution in [2.45, 2.75) is 83.0 Å². The Bertz CT molecular complexity index is 1570. The van der Waals surface area contributed by atoms with E-state index in [9.17, 15) is 29.1 Å². The van der Waals surface area contributed by atoms with Gasteiger partial charge in [-0.05, 0) is 55.0 Å². The SMILES string of the molecule is CCC[C@H](NC(=O)[C@H](CC(=O)OC(C)(C)C)NC(=O)OCC1c2ccccc2-c2ccccc21)C(=O)N[C@@H](Cc1ccccc1)C(=O)O. The van der Waals surface area contributed by atoms with Crippen LogP contribution in [0.15, 0.2) is 78.9 Å². The van der Waals surface area contributed by atoms with E-state index < -0.39 is 60.0 Å². The molecule has 4 rings (SSSR count). The summed E-state index contributed by atoms with van der Waals surface area (Å²) >= 11 is 0. The summed E-state index contributed by atoms with van der Waals surface area (Å²) < 4.78 is 11.0. The molecule has 0 aliphatic heterocycles. The Hall–Kier alpha value is -5.19. The molecule has 0 bridgehead atoms. The number of esters is 1. The standard InChI is InChI=1S/C37H43N3O8/c1-5-13-29(33(42)39-31(35(44)45)20-23-14-7-6-8-15-23)38-34(43)30(21-32(41)48-37(2,3)4)40-36(46)47-22-28-26-18-11-9-16-24(26)25-17-10-12-19-27(25)28/h6-12,14-19,28-31H,5,13,20-22H2,1-4H3,(H,38,43)(H,39,42)(H,40,46)(H,44,45)/t29-,30-,31-/m0/s1. The highest BCUT2D eigenvalue weighted by Gasteiger charge is 2.33. The third-order valence-corrected chi connectivity index (χ3v) is 7.85. The normalized spacial score (nSPS) is 14.0. The molecular weight excluding hydrogens is 614 g/mol. The maximum Gasteiger partial charge on any atom is 0.407 e. The molecule has 254 valence electrons. The topological polar surface area (TPSA) is 160 Å². The molecule has 3 amide bonds. The summed E-state index contributed by atoms with van der Waals surface area (Å²) in [5, 5.41) is 17.4. The Balaban J connectivity index is 1.46. The molecule has 0 saturated heterocycles. The lowest BCUT2D eigenvalue weighted by Gasteiger charge is -2.25. The number of rotatable bonds is 14. The molecule has 0 unspecified atom stereocenters. The Morgan fingerprint density at radius 3 is 1.85 bits per heavy atom. The molecule has 0 saturated carbocycles. The van der Waals surface area contributed by atoms with Crippen LogP contribution in [-0.4, -0.2) is 65.3 Å². The van der Waals surface area contributed by atoms with Crippen LogP contribution in [-0.2, 0) is 35.1 Å². The second kappa shape index (κ2) is 16.1. The van der Waals surface area contributed by atoms with Gasteiger partial charge in [0.1, 0.15) is 30.3 Å². The van der Waals surface area contributed by atoms with Crippen molar-refractivity contribution < 1.29 is 38.6 Å². The average molecular weight is 658 g/mol. The van der Waals surface area contributed by atoms with E-state index in [0.29, 0.717) is 12.0 Å². The van der Waals surface area contributed by atoms with Crippen molar-refractivity contribution in [3.63, 3.8) is 0 Å². The van der Waals surface area contributed by atoms with Crippen LogP contribution in [0.2, 0.25) is 0 Å². The van der Waals surface area contributed by atoms with E-state index >= 15 is 0 Å². The maximum atomic E-state index is 13.6. The Labute approximate surface area is 280 Å². The van der Waals surface area contributed by atoms with E-state index in [1.54, 1.807) is 58.0 Å². The van der Waals surface area contributed by atoms with Crippen molar-refractivity contribution in [3.05, 3.63) is 95.6 Å². The van der Waals surface area contributed by atoms with Gasteiger partial charge in [-0.2, -0.15) is 0 Å². The molecule has 48 heavy (non-hydrogen) atoms. The molecule has 1 aliphatic rings. The second-order valence-electron chi connectivity index (χ2n) is 12.8. The molecule has 3 aromatic carbocycles. The lowest BCUT2D eigenvalue weighted by molar-refractivity contribution is -0.156. The lowest BCUT2D eigenvalue weighted by Crippen LogP contribution is -2.56. The number of amides is 3. The number of benzene rings is 3. The Morgan fingerprint density at radius 1 is 0.750 bits per heavy atom. The van der Waals surface area contributed by atoms with E-state index in [0.717, 1.165) is 22.3 Å². The van der Waals surface area contributed by atoms with E-state index in [2.05, 4.69) is 16.0 Å². The molecule has 11 heteroatoms. The summed E-state index contributed by atoms with van der Waals surface area (Å²) in [7, 11) is 0. The fourth-order valence-corrected chi connectivity index (χ4v) is 5.69. The third kappa shape index (κ3) is 9.66. The minimum Gasteiger partial charge on any atom is -0.480 e. The van der Waals surface area contributed by atoms with Crippen LogP contribution in [0.3, 0.4) is 0 Å². The van der Waals surface area contributed by atoms with Crippen LogP contribution < -0.4 is 16.0 Å². The van der Waals surface area contributed by atoms with Crippen molar-refractivity contribution in [1.29, 1.82) is 0 Å². The number of aliphatic carboxylic acids is 1. The predicted octanol–water partition coefficient (Wildman–Crippen LogP) is 4.72. The van der Waals surface area contributed by atoms with Gasteiger partial charge >= 0.3 is 18.0 Å². The first-order valence-corrected chi connectivity index (χ1v) is 16.1. The minimum atomic E-state index is -1.44. The second-order valence-corrected chi connectivity index (χ2v) is 12.8. The number of ether oxygens (including phenoxy) is 2. The van der Waals surface area contributed by atoms with Gasteiger partial charge in [0.05, 0.1) is 6.42 Å². The number of alkyl carbamates (subject to hydrolysis) is 1. The summed E-state index contributed by atoms with van der Waals surface area (Å²) in [5.41, 5.74) is 3.99. The number of carbonyl (C=O) groups is 5. The third-order valence-electron chi connectivity index (χ3n) is 7.85. The summed E-state index contributed by atoms with van der Waals surface area (Å²) in [5.74, 6) is -3.72. The Kier molecular flexibility index (Phi) is 11.9. The molecular formula is C37H43N3O8. The molecule has 11 nitrogen and oxygen atoms in total. The number of fused-ring (bicyclic) bond motifs is 3. The van der Waals surface area contributed by atoms with Crippen molar-refractivity contribution in [2.24, 2.45) is 0 Å². The van der Waals surface area contributed by atoms with Gasteiger partial charge in [0.15, 0.2) is 0 Å². The molecule has 0 fully saturated rings. The summed E-state index contributed by atoms with van der Waals surface area (Å²) in [6.07, 6.45) is -0.755. The highest BCUT2D eigenvalue weighted by molar-refractivity contribution is 5.94. The van der Waals surface area contributed by atoms with Crippen LogP contribution in [0.25, 0.3) is 11.1 Å². The quantitative estimate of drug-likeness (QED) is 0.181. The fourth-order valence-electron chi connectivity index (χ4n) is 5.69. The molecule has 0 heterocycles. The molecule has 3 atom stereocenters. The molecule has 4 N–H and O–H groups in total. The fraction of sp³-hybridized carbons (Fsp3) is 0.378. The van der Waals surface area contributed by atoms with E-state index in [1.165, 1.54) is 0 Å². The smallest absolute Gasteiger partial charge is 0.407 e. The Morgan fingerprint density at radius 2 is 1.29 bits per heavy atom. The number of carboxylic acid groups (broad SMARTS) is 1. The summed E-state index contributed by atoms with van der Waals surface area (Å²) in [4.78, 5) is 64.8. The van der Waals surface area contributed by atoms with E-state index in [1.807, 2.05) is 48.5 Å².